The van der Waals surface area contributed by atoms with Crippen LogP contribution in [-0.4, -0.2) is 64.5 Å². The summed E-state index contributed by atoms with van der Waals surface area (Å²) in [6.45, 7) is 10.7. The van der Waals surface area contributed by atoms with Gasteiger partial charge in [0.15, 0.2) is 0 Å². The molecule has 0 spiro atoms. The standard InChI is InChI=1S/C28H37N5O/c1-3-22(2)33-26-14-8-7-13-25(26)29-28(33)32-15-9-12-24(21-32)27(34)31-18-16-30(17-19-31)20-23-10-5-4-6-11-23/h4-8,10-11,13-14,22,24H,3,9,12,15-21H2,1-2H3. The monoisotopic (exact) mass is 459 g/mol. The molecular formula is C28H37N5O. The minimum Gasteiger partial charge on any atom is -0.341 e. The second-order valence-corrected chi connectivity index (χ2v) is 9.90. The van der Waals surface area contributed by atoms with E-state index in [9.17, 15) is 4.79 Å². The molecule has 2 fully saturated rings. The van der Waals surface area contributed by atoms with E-state index >= 15 is 0 Å². The maximum absolute atomic E-state index is 13.5. The summed E-state index contributed by atoms with van der Waals surface area (Å²) >= 11 is 0. The number of carbonyl (C=O) groups is 1. The Kier molecular flexibility index (Phi) is 6.86. The number of aromatic nitrogens is 2. The van der Waals surface area contributed by atoms with Gasteiger partial charge in [0, 0.05) is 51.9 Å². The zero-order chi connectivity index (χ0) is 23.5. The first-order valence-electron chi connectivity index (χ1n) is 12.9. The van der Waals surface area contributed by atoms with Crippen molar-refractivity contribution in [1.82, 2.24) is 19.4 Å². The fourth-order valence-corrected chi connectivity index (χ4v) is 5.46. The van der Waals surface area contributed by atoms with Crippen molar-refractivity contribution in [2.24, 2.45) is 5.92 Å². The van der Waals surface area contributed by atoms with Crippen molar-refractivity contribution in [2.45, 2.75) is 45.7 Å². The molecule has 0 radical (unpaired) electrons. The summed E-state index contributed by atoms with van der Waals surface area (Å²) in [5.41, 5.74) is 3.57. The number of rotatable bonds is 6. The van der Waals surface area contributed by atoms with Gasteiger partial charge in [-0.2, -0.15) is 0 Å². The minimum absolute atomic E-state index is 0.0552. The van der Waals surface area contributed by atoms with Crippen molar-refractivity contribution in [3.05, 3.63) is 60.2 Å². The number of fused-ring (bicyclic) bond motifs is 1. The van der Waals surface area contributed by atoms with E-state index in [1.54, 1.807) is 0 Å². The smallest absolute Gasteiger partial charge is 0.227 e. The molecule has 3 aromatic rings. The lowest BCUT2D eigenvalue weighted by atomic mass is 9.96. The van der Waals surface area contributed by atoms with Crippen LogP contribution in [0.5, 0.6) is 0 Å². The number of piperazine rings is 1. The molecule has 0 aliphatic carbocycles. The average molecular weight is 460 g/mol. The Balaban J connectivity index is 1.25. The molecule has 1 amide bonds. The quantitative estimate of drug-likeness (QED) is 0.542. The zero-order valence-corrected chi connectivity index (χ0v) is 20.6. The molecule has 6 heteroatoms. The van der Waals surface area contributed by atoms with Crippen LogP contribution in [0.1, 0.15) is 44.7 Å². The first-order chi connectivity index (χ1) is 16.6. The Bertz CT molecular complexity index is 1100. The predicted octanol–water partition coefficient (Wildman–Crippen LogP) is 4.57. The third-order valence-electron chi connectivity index (χ3n) is 7.60. The van der Waals surface area contributed by atoms with E-state index in [1.807, 2.05) is 0 Å². The first-order valence-corrected chi connectivity index (χ1v) is 12.9. The average Bonchev–Trinajstić information content (AvgIpc) is 3.29. The Labute approximate surface area is 203 Å². The van der Waals surface area contributed by atoms with Crippen molar-refractivity contribution < 1.29 is 4.79 Å². The molecule has 0 saturated carbocycles. The van der Waals surface area contributed by atoms with Crippen LogP contribution in [0.4, 0.5) is 5.95 Å². The summed E-state index contributed by atoms with van der Waals surface area (Å²) in [7, 11) is 0. The van der Waals surface area contributed by atoms with Crippen LogP contribution in [0.25, 0.3) is 11.0 Å². The fraction of sp³-hybridized carbons (Fsp3) is 0.500. The number of imidazole rings is 1. The maximum atomic E-state index is 13.5. The second kappa shape index (κ2) is 10.2. The predicted molar refractivity (Wildman–Crippen MR) is 138 cm³/mol. The number of carbonyl (C=O) groups excluding carboxylic acids is 1. The lowest BCUT2D eigenvalue weighted by molar-refractivity contribution is -0.137. The van der Waals surface area contributed by atoms with Crippen molar-refractivity contribution in [1.29, 1.82) is 0 Å². The molecule has 180 valence electrons. The van der Waals surface area contributed by atoms with E-state index in [4.69, 9.17) is 4.98 Å². The van der Waals surface area contributed by atoms with Crippen LogP contribution in [-0.2, 0) is 11.3 Å². The highest BCUT2D eigenvalue weighted by Crippen LogP contribution is 2.31. The fourth-order valence-electron chi connectivity index (χ4n) is 5.46. The molecule has 0 N–H and O–H groups in total. The van der Waals surface area contributed by atoms with Gasteiger partial charge in [0.05, 0.1) is 17.0 Å². The van der Waals surface area contributed by atoms with E-state index in [-0.39, 0.29) is 5.92 Å². The molecule has 2 aliphatic heterocycles. The van der Waals surface area contributed by atoms with Gasteiger partial charge in [-0.1, -0.05) is 49.4 Å². The number of benzene rings is 2. The summed E-state index contributed by atoms with van der Waals surface area (Å²) in [6.07, 6.45) is 3.06. The summed E-state index contributed by atoms with van der Waals surface area (Å²) in [6, 6.07) is 19.4. The molecule has 2 aliphatic rings. The highest BCUT2D eigenvalue weighted by molar-refractivity contribution is 5.81. The van der Waals surface area contributed by atoms with Crippen molar-refractivity contribution in [3.63, 3.8) is 0 Å². The zero-order valence-electron chi connectivity index (χ0n) is 20.6. The summed E-state index contributed by atoms with van der Waals surface area (Å²) in [5.74, 6) is 1.41. The summed E-state index contributed by atoms with van der Waals surface area (Å²) in [5, 5.41) is 0. The van der Waals surface area contributed by atoms with Gasteiger partial charge >= 0.3 is 0 Å². The van der Waals surface area contributed by atoms with Gasteiger partial charge in [-0.3, -0.25) is 9.69 Å². The number of nitrogens with zero attached hydrogens (tertiary/aromatic N) is 5. The SMILES string of the molecule is CCC(C)n1c(N2CCCC(C(=O)N3CCN(Cc4ccccc4)CC3)C2)nc2ccccc21. The van der Waals surface area contributed by atoms with Gasteiger partial charge in [0.2, 0.25) is 11.9 Å². The largest absolute Gasteiger partial charge is 0.341 e. The molecule has 2 saturated heterocycles. The third kappa shape index (κ3) is 4.69. The lowest BCUT2D eigenvalue weighted by Gasteiger charge is -2.39. The maximum Gasteiger partial charge on any atom is 0.227 e. The Morgan fingerprint density at radius 1 is 1.00 bits per heavy atom. The van der Waals surface area contributed by atoms with Crippen LogP contribution in [0.15, 0.2) is 54.6 Å². The van der Waals surface area contributed by atoms with Crippen molar-refractivity contribution in [2.75, 3.05) is 44.2 Å². The van der Waals surface area contributed by atoms with E-state index in [1.165, 1.54) is 11.1 Å². The van der Waals surface area contributed by atoms with Gasteiger partial charge in [0.1, 0.15) is 0 Å². The van der Waals surface area contributed by atoms with Crippen molar-refractivity contribution >= 4 is 22.9 Å². The number of para-hydroxylation sites is 2. The molecule has 2 atom stereocenters. The van der Waals surface area contributed by atoms with E-state index in [0.29, 0.717) is 11.9 Å². The molecular weight excluding hydrogens is 422 g/mol. The van der Waals surface area contributed by atoms with Crippen LogP contribution < -0.4 is 4.90 Å². The van der Waals surface area contributed by atoms with Crippen LogP contribution in [0.3, 0.4) is 0 Å². The molecule has 3 heterocycles. The van der Waals surface area contributed by atoms with Gasteiger partial charge in [-0.25, -0.2) is 4.98 Å². The highest BCUT2D eigenvalue weighted by Gasteiger charge is 2.33. The minimum atomic E-state index is 0.0552. The van der Waals surface area contributed by atoms with Gasteiger partial charge in [-0.05, 0) is 43.9 Å². The number of amides is 1. The number of hydrogen-bond acceptors (Lipinski definition) is 4. The molecule has 0 bridgehead atoms. The number of piperidine rings is 1. The Morgan fingerprint density at radius 2 is 1.74 bits per heavy atom. The molecule has 1 aromatic heterocycles. The molecule has 2 aromatic carbocycles. The van der Waals surface area contributed by atoms with Gasteiger partial charge in [-0.15, -0.1) is 0 Å². The summed E-state index contributed by atoms with van der Waals surface area (Å²) < 4.78 is 2.38. The van der Waals surface area contributed by atoms with E-state index in [0.717, 1.165) is 76.5 Å². The third-order valence-corrected chi connectivity index (χ3v) is 7.60. The lowest BCUT2D eigenvalue weighted by Crippen LogP contribution is -2.52. The molecule has 5 rings (SSSR count). The van der Waals surface area contributed by atoms with Crippen LogP contribution >= 0.6 is 0 Å². The Hall–Kier alpha value is -2.86. The second-order valence-electron chi connectivity index (χ2n) is 9.90. The molecule has 6 nitrogen and oxygen atoms in total. The van der Waals surface area contributed by atoms with Gasteiger partial charge in [0.25, 0.3) is 0 Å². The first kappa shape index (κ1) is 22.9. The molecule has 34 heavy (non-hydrogen) atoms. The van der Waals surface area contributed by atoms with E-state index in [2.05, 4.69) is 87.7 Å². The molecule has 2 unspecified atom stereocenters. The van der Waals surface area contributed by atoms with Crippen LogP contribution in [0.2, 0.25) is 0 Å². The number of hydrogen-bond donors (Lipinski definition) is 0. The highest BCUT2D eigenvalue weighted by atomic mass is 16.2. The van der Waals surface area contributed by atoms with Gasteiger partial charge < -0.3 is 14.4 Å². The summed E-state index contributed by atoms with van der Waals surface area (Å²) in [4.78, 5) is 25.4. The topological polar surface area (TPSA) is 44.6 Å². The number of anilines is 1. The Morgan fingerprint density at radius 3 is 2.50 bits per heavy atom. The van der Waals surface area contributed by atoms with E-state index < -0.39 is 0 Å². The van der Waals surface area contributed by atoms with Crippen LogP contribution in [0, 0.1) is 5.92 Å². The van der Waals surface area contributed by atoms with Crippen molar-refractivity contribution in [3.8, 4) is 0 Å². The normalized spacial score (nSPS) is 20.6.